The van der Waals surface area contributed by atoms with Gasteiger partial charge in [-0.1, -0.05) is 203 Å². The third-order valence-corrected chi connectivity index (χ3v) is 14.5. The molecule has 0 aliphatic carbocycles. The van der Waals surface area contributed by atoms with E-state index in [1.807, 2.05) is 0 Å². The highest BCUT2D eigenvalue weighted by Gasteiger charge is 2.47. The number of carbonyl (C=O) groups is 1. The van der Waals surface area contributed by atoms with Crippen LogP contribution in [0.2, 0.25) is 0 Å². The molecule has 2 saturated heterocycles. The van der Waals surface area contributed by atoms with Crippen LogP contribution in [0.4, 0.5) is 0 Å². The zero-order chi connectivity index (χ0) is 55.8. The molecule has 0 radical (unpaired) electrons. The van der Waals surface area contributed by atoms with Crippen LogP contribution in [0.3, 0.4) is 0 Å². The first-order valence-corrected chi connectivity index (χ1v) is 30.9. The van der Waals surface area contributed by atoms with Crippen molar-refractivity contribution in [2.24, 2.45) is 0 Å². The van der Waals surface area contributed by atoms with E-state index in [0.29, 0.717) is 13.0 Å². The number of esters is 1. The van der Waals surface area contributed by atoms with Gasteiger partial charge in [-0.2, -0.15) is 0 Å². The van der Waals surface area contributed by atoms with Crippen LogP contribution in [-0.2, 0) is 33.2 Å². The molecule has 11 atom stereocenters. The van der Waals surface area contributed by atoms with E-state index in [4.69, 9.17) is 28.4 Å². The third kappa shape index (κ3) is 35.9. The van der Waals surface area contributed by atoms with Crippen LogP contribution in [0, 0.1) is 0 Å². The van der Waals surface area contributed by atoms with Crippen molar-refractivity contribution in [2.45, 2.75) is 300 Å². The van der Waals surface area contributed by atoms with Gasteiger partial charge in [0.05, 0.1) is 26.4 Å². The van der Waals surface area contributed by atoms with Crippen LogP contribution < -0.4 is 0 Å². The number of unbranched alkanes of at least 4 members (excludes halogenated alkanes) is 26. The van der Waals surface area contributed by atoms with E-state index < -0.39 is 80.7 Å². The van der Waals surface area contributed by atoms with E-state index in [2.05, 4.69) is 74.6 Å². The Bertz CT molecular complexity index is 1500. The summed E-state index contributed by atoms with van der Waals surface area (Å²) in [5.74, 6) is -0.388. The summed E-state index contributed by atoms with van der Waals surface area (Å²) in [7, 11) is 0. The van der Waals surface area contributed by atoms with Gasteiger partial charge in [-0.15, -0.1) is 0 Å². The summed E-state index contributed by atoms with van der Waals surface area (Å²) < 4.78 is 34.4. The summed E-state index contributed by atoms with van der Waals surface area (Å²) in [6.07, 6.45) is 45.6. The van der Waals surface area contributed by atoms with Crippen LogP contribution in [-0.4, -0.2) is 142 Å². The summed E-state index contributed by atoms with van der Waals surface area (Å²) in [5.41, 5.74) is 0. The van der Waals surface area contributed by atoms with Crippen LogP contribution in [0.25, 0.3) is 0 Å². The smallest absolute Gasteiger partial charge is 0.306 e. The lowest BCUT2D eigenvalue weighted by Crippen LogP contribution is -2.61. The molecule has 448 valence electrons. The minimum Gasteiger partial charge on any atom is -0.457 e. The van der Waals surface area contributed by atoms with Gasteiger partial charge in [-0.25, -0.2) is 0 Å². The lowest BCUT2D eigenvalue weighted by atomic mass is 9.98. The molecule has 0 bridgehead atoms. The largest absolute Gasteiger partial charge is 0.457 e. The van der Waals surface area contributed by atoms with Gasteiger partial charge in [-0.05, 0) is 83.5 Å². The van der Waals surface area contributed by atoms with Crippen molar-refractivity contribution in [3.05, 3.63) is 60.8 Å². The number of ether oxygens (including phenoxy) is 6. The summed E-state index contributed by atoms with van der Waals surface area (Å²) in [6.45, 7) is 3.65. The fraction of sp³-hybridized carbons (Fsp3) is 0.825. The first-order valence-electron chi connectivity index (χ1n) is 30.9. The molecule has 0 spiro atoms. The Morgan fingerprint density at radius 1 is 0.429 bits per heavy atom. The molecule has 2 fully saturated rings. The van der Waals surface area contributed by atoms with Crippen molar-refractivity contribution in [1.29, 1.82) is 0 Å². The van der Waals surface area contributed by atoms with Gasteiger partial charge in [0.25, 0.3) is 0 Å². The second kappa shape index (κ2) is 49.5. The quantitative estimate of drug-likeness (QED) is 0.0172. The SMILES string of the molecule is CCCCC/C=C\C/C=C\C/C=C\CCCCCCCCC(=O)OC(COCCCCCCCCCCCCCC/C=C\C/C=C\CCCCCCC)COC1OC(COC2OC(CO)C(O)C(O)C2O)C(O)C(O)C1O. The van der Waals surface area contributed by atoms with Gasteiger partial charge in [0.2, 0.25) is 0 Å². The lowest BCUT2D eigenvalue weighted by Gasteiger charge is -2.42. The Labute approximate surface area is 466 Å². The highest BCUT2D eigenvalue weighted by molar-refractivity contribution is 5.69. The molecule has 0 aromatic rings. The summed E-state index contributed by atoms with van der Waals surface area (Å²) in [6, 6.07) is 0. The van der Waals surface area contributed by atoms with Crippen LogP contribution in [0.15, 0.2) is 60.8 Å². The van der Waals surface area contributed by atoms with E-state index in [-0.39, 0.29) is 25.6 Å². The minimum atomic E-state index is -1.71. The van der Waals surface area contributed by atoms with E-state index in [1.165, 1.54) is 128 Å². The summed E-state index contributed by atoms with van der Waals surface area (Å²) in [4.78, 5) is 13.1. The third-order valence-electron chi connectivity index (χ3n) is 14.5. The molecule has 0 amide bonds. The van der Waals surface area contributed by atoms with Crippen molar-refractivity contribution < 1.29 is 69.0 Å². The molecule has 11 unspecified atom stereocenters. The highest BCUT2D eigenvalue weighted by atomic mass is 16.7. The highest BCUT2D eigenvalue weighted by Crippen LogP contribution is 2.27. The number of carbonyl (C=O) groups excluding carboxylic acids is 1. The molecule has 2 rings (SSSR count). The average molecular weight is 1090 g/mol. The Morgan fingerprint density at radius 3 is 1.29 bits per heavy atom. The van der Waals surface area contributed by atoms with E-state index in [0.717, 1.165) is 77.0 Å². The fourth-order valence-corrected chi connectivity index (χ4v) is 9.50. The molecule has 77 heavy (non-hydrogen) atoms. The van der Waals surface area contributed by atoms with Gasteiger partial charge in [0, 0.05) is 13.0 Å². The Kier molecular flexibility index (Phi) is 45.5. The summed E-state index contributed by atoms with van der Waals surface area (Å²) >= 11 is 0. The minimum absolute atomic E-state index is 0.0539. The number of hydrogen-bond donors (Lipinski definition) is 7. The standard InChI is InChI=1S/C63H112O14/c1-3-5-7-9-11-13-15-17-19-21-23-24-25-26-27-29-31-33-35-37-39-41-43-45-47-72-49-52(75-55(65)46-44-42-40-38-36-34-32-30-28-22-20-18-16-14-12-10-8-6-4-2)50-73-62-61(71)59(69)57(67)54(77-62)51-74-63-60(70)58(68)56(66)53(48-64)76-63/h12,14-15,17-18,20-21,23,28,30,52-54,56-64,66-71H,3-11,13,16,19,22,24-27,29,31-51H2,1-2H3/b14-12-,17-15-,20-18-,23-21-,30-28-. The first-order chi connectivity index (χ1) is 37.6. The maximum Gasteiger partial charge on any atom is 0.306 e. The number of hydrogen-bond acceptors (Lipinski definition) is 14. The molecular weight excluding hydrogens is 981 g/mol. The van der Waals surface area contributed by atoms with Crippen molar-refractivity contribution in [3.63, 3.8) is 0 Å². The van der Waals surface area contributed by atoms with Crippen molar-refractivity contribution in [1.82, 2.24) is 0 Å². The van der Waals surface area contributed by atoms with E-state index >= 15 is 0 Å². The maximum atomic E-state index is 13.1. The van der Waals surface area contributed by atoms with Gasteiger partial charge in [0.15, 0.2) is 12.6 Å². The van der Waals surface area contributed by atoms with Gasteiger partial charge >= 0.3 is 5.97 Å². The van der Waals surface area contributed by atoms with E-state index in [9.17, 15) is 40.5 Å². The Hall–Kier alpha value is -2.31. The first kappa shape index (κ1) is 70.8. The lowest BCUT2D eigenvalue weighted by molar-refractivity contribution is -0.332. The molecule has 2 aliphatic rings. The molecule has 2 heterocycles. The van der Waals surface area contributed by atoms with Gasteiger partial charge in [-0.3, -0.25) is 4.79 Å². The molecule has 0 aromatic carbocycles. The van der Waals surface area contributed by atoms with Crippen molar-refractivity contribution >= 4 is 5.97 Å². The maximum absolute atomic E-state index is 13.1. The van der Waals surface area contributed by atoms with Crippen LogP contribution in [0.1, 0.15) is 232 Å². The average Bonchev–Trinajstić information content (AvgIpc) is 3.43. The summed E-state index contributed by atoms with van der Waals surface area (Å²) in [5, 5.41) is 72.4. The molecule has 7 N–H and O–H groups in total. The van der Waals surface area contributed by atoms with Crippen LogP contribution in [0.5, 0.6) is 0 Å². The number of aliphatic hydroxyl groups is 7. The molecule has 0 saturated carbocycles. The topological polar surface area (TPSA) is 214 Å². The van der Waals surface area contributed by atoms with Gasteiger partial charge in [0.1, 0.15) is 54.9 Å². The fourth-order valence-electron chi connectivity index (χ4n) is 9.50. The van der Waals surface area contributed by atoms with Crippen molar-refractivity contribution in [2.75, 3.05) is 33.0 Å². The molecule has 0 aromatic heterocycles. The Morgan fingerprint density at radius 2 is 0.805 bits per heavy atom. The number of rotatable bonds is 50. The Balaban J connectivity index is 1.69. The molecule has 14 nitrogen and oxygen atoms in total. The molecule has 14 heteroatoms. The number of aliphatic hydroxyl groups excluding tert-OH is 7. The number of allylic oxidation sites excluding steroid dienone is 10. The van der Waals surface area contributed by atoms with Crippen molar-refractivity contribution in [3.8, 4) is 0 Å². The zero-order valence-corrected chi connectivity index (χ0v) is 48.2. The normalized spacial score (nSPS) is 24.7. The monoisotopic (exact) mass is 1090 g/mol. The van der Waals surface area contributed by atoms with E-state index in [1.54, 1.807) is 0 Å². The molecular formula is C63H112O14. The second-order valence-corrected chi connectivity index (χ2v) is 21.5. The van der Waals surface area contributed by atoms with Gasteiger partial charge < -0.3 is 64.2 Å². The van der Waals surface area contributed by atoms with Crippen LogP contribution >= 0.6 is 0 Å². The molecule has 2 aliphatic heterocycles. The second-order valence-electron chi connectivity index (χ2n) is 21.5. The predicted molar refractivity (Wildman–Crippen MR) is 307 cm³/mol. The zero-order valence-electron chi connectivity index (χ0n) is 48.2. The predicted octanol–water partition coefficient (Wildman–Crippen LogP) is 11.6.